The maximum absolute atomic E-state index is 14.5. The number of rotatable bonds is 8. The number of hydrogen-bond donors (Lipinski definition) is 2. The molecule has 8 rings (SSSR count). The number of anilines is 4. The van der Waals surface area contributed by atoms with Gasteiger partial charge in [0.2, 0.25) is 0 Å². The maximum atomic E-state index is 14.5. The topological polar surface area (TPSA) is 157 Å². The lowest BCUT2D eigenvalue weighted by molar-refractivity contribution is 0.0647. The molecule has 4 fully saturated rings. The minimum atomic E-state index is -2.63. The number of halogens is 2. The van der Waals surface area contributed by atoms with Crippen LogP contribution in [0.5, 0.6) is 6.01 Å². The minimum Gasteiger partial charge on any atom is -0.461 e. The van der Waals surface area contributed by atoms with E-state index in [9.17, 15) is 19.3 Å². The van der Waals surface area contributed by atoms with Crippen LogP contribution in [0, 0.1) is 28.1 Å². The predicted molar refractivity (Wildman–Crippen MR) is 181 cm³/mol. The Bertz CT molecular complexity index is 1900. The summed E-state index contributed by atoms with van der Waals surface area (Å²) < 4.78 is 35.1. The molecule has 3 atom stereocenters. The fourth-order valence-corrected chi connectivity index (χ4v) is 11.5. The molecule has 15 heteroatoms. The number of nitrogens with two attached hydrogens (primary N) is 2. The molecule has 0 bridgehead atoms. The van der Waals surface area contributed by atoms with Crippen LogP contribution in [0.1, 0.15) is 72.7 Å². The van der Waals surface area contributed by atoms with E-state index in [-0.39, 0.29) is 29.8 Å². The van der Waals surface area contributed by atoms with Gasteiger partial charge in [0.15, 0.2) is 11.6 Å². The Labute approximate surface area is 285 Å². The normalized spacial score (nSPS) is 26.5. The van der Waals surface area contributed by atoms with Gasteiger partial charge in [0.25, 0.3) is 5.92 Å². The number of hydrogen-bond acceptors (Lipinski definition) is 13. The highest BCUT2D eigenvalue weighted by molar-refractivity contribution is 8.00. The lowest BCUT2D eigenvalue weighted by atomic mass is 9.88. The maximum Gasteiger partial charge on any atom is 0.320 e. The highest BCUT2D eigenvalue weighted by Crippen LogP contribution is 2.69. The summed E-state index contributed by atoms with van der Waals surface area (Å²) >= 11 is 3.26. The first-order chi connectivity index (χ1) is 23.0. The van der Waals surface area contributed by atoms with Gasteiger partial charge in [-0.3, -0.25) is 4.90 Å². The second-order valence-corrected chi connectivity index (χ2v) is 16.3. The first-order valence-electron chi connectivity index (χ1n) is 16.2. The number of nitrogens with zero attached hydrogens (tertiary/aromatic N) is 8. The van der Waals surface area contributed by atoms with Crippen LogP contribution in [0.3, 0.4) is 0 Å². The highest BCUT2D eigenvalue weighted by Gasteiger charge is 2.77. The number of thioether (sulfide) groups is 1. The minimum absolute atomic E-state index is 0.0690. The lowest BCUT2D eigenvalue weighted by Gasteiger charge is -2.49. The zero-order valence-electron chi connectivity index (χ0n) is 26.8. The summed E-state index contributed by atoms with van der Waals surface area (Å²) in [6.45, 7) is 6.88. The molecule has 4 aliphatic heterocycles. The number of fused-ring (bicyclic) bond motifs is 3. The van der Waals surface area contributed by atoms with Crippen molar-refractivity contribution in [1.82, 2.24) is 19.9 Å². The third kappa shape index (κ3) is 4.47. The molecule has 48 heavy (non-hydrogen) atoms. The number of nitriles is 2. The number of pyridine rings is 1. The standard InChI is InChI=1S/C33H36F2N10OS2/c1-3-45(19(2)20-6-4-8-40-25(20)38)28-22(11-37)27(43-16-32(17-43)24-21(10-36)26(39)48-23(24)12-47-32)41-29(42-28)46-18-31-7-5-9-44(31)15-30(13-31)14-33(30,34)35/h4,6,8,19H,3,5,7,9,12-18,39H2,1-2H3,(H2,38,40)/t19-,30+,31-/m1/s1. The molecule has 0 aromatic carbocycles. The molecule has 0 amide bonds. The van der Waals surface area contributed by atoms with Crippen molar-refractivity contribution in [2.24, 2.45) is 5.41 Å². The quantitative estimate of drug-likeness (QED) is 0.325. The van der Waals surface area contributed by atoms with Crippen LogP contribution in [-0.4, -0.2) is 70.6 Å². The molecule has 1 aliphatic carbocycles. The van der Waals surface area contributed by atoms with E-state index in [1.54, 1.807) is 18.0 Å². The Morgan fingerprint density at radius 3 is 2.60 bits per heavy atom. The Hall–Kier alpha value is -3.92. The molecule has 3 saturated heterocycles. The van der Waals surface area contributed by atoms with E-state index in [0.29, 0.717) is 66.2 Å². The van der Waals surface area contributed by atoms with Gasteiger partial charge in [0, 0.05) is 60.6 Å². The van der Waals surface area contributed by atoms with E-state index in [2.05, 4.69) is 22.0 Å². The number of ether oxygens (including phenoxy) is 1. The van der Waals surface area contributed by atoms with Crippen molar-refractivity contribution in [3.63, 3.8) is 0 Å². The van der Waals surface area contributed by atoms with Crippen LogP contribution < -0.4 is 26.0 Å². The van der Waals surface area contributed by atoms with Crippen molar-refractivity contribution in [3.8, 4) is 18.1 Å². The van der Waals surface area contributed by atoms with Gasteiger partial charge in [0.1, 0.15) is 35.1 Å². The molecule has 250 valence electrons. The molecule has 3 aromatic rings. The van der Waals surface area contributed by atoms with Gasteiger partial charge < -0.3 is 26.0 Å². The largest absolute Gasteiger partial charge is 0.461 e. The van der Waals surface area contributed by atoms with Crippen LogP contribution in [-0.2, 0) is 10.5 Å². The second-order valence-electron chi connectivity index (χ2n) is 13.8. The third-order valence-corrected chi connectivity index (χ3v) is 13.8. The number of thiophene rings is 1. The second kappa shape index (κ2) is 10.8. The average Bonchev–Trinajstić information content (AvgIpc) is 3.52. The lowest BCUT2D eigenvalue weighted by Crippen LogP contribution is -2.57. The van der Waals surface area contributed by atoms with Gasteiger partial charge in [-0.1, -0.05) is 6.07 Å². The Morgan fingerprint density at radius 2 is 1.92 bits per heavy atom. The predicted octanol–water partition coefficient (Wildman–Crippen LogP) is 5.03. The Morgan fingerprint density at radius 1 is 1.15 bits per heavy atom. The summed E-state index contributed by atoms with van der Waals surface area (Å²) in [7, 11) is 0. The zero-order chi connectivity index (χ0) is 33.6. The summed E-state index contributed by atoms with van der Waals surface area (Å²) in [4.78, 5) is 21.3. The van der Waals surface area contributed by atoms with E-state index in [1.807, 2.05) is 35.8 Å². The van der Waals surface area contributed by atoms with Gasteiger partial charge in [0.05, 0.1) is 27.3 Å². The Kier molecular flexibility index (Phi) is 7.05. The molecule has 3 aromatic heterocycles. The first kappa shape index (κ1) is 31.4. The molecule has 7 heterocycles. The summed E-state index contributed by atoms with van der Waals surface area (Å²) in [5, 5.41) is 21.1. The van der Waals surface area contributed by atoms with Crippen molar-refractivity contribution in [2.75, 3.05) is 60.6 Å². The van der Waals surface area contributed by atoms with Crippen LogP contribution in [0.25, 0.3) is 0 Å². The van der Waals surface area contributed by atoms with E-state index in [0.717, 1.165) is 41.1 Å². The molecule has 0 unspecified atom stereocenters. The van der Waals surface area contributed by atoms with Gasteiger partial charge in [-0.15, -0.1) is 23.1 Å². The number of alkyl halides is 2. The number of aromatic nitrogens is 3. The van der Waals surface area contributed by atoms with Crippen molar-refractivity contribution in [1.29, 1.82) is 10.5 Å². The highest BCUT2D eigenvalue weighted by atomic mass is 32.2. The third-order valence-electron chi connectivity index (χ3n) is 11.2. The van der Waals surface area contributed by atoms with Crippen molar-refractivity contribution >= 4 is 45.6 Å². The van der Waals surface area contributed by atoms with E-state index in [4.69, 9.17) is 26.2 Å². The fraction of sp³-hybridized carbons (Fsp3) is 0.545. The summed E-state index contributed by atoms with van der Waals surface area (Å²) in [5.41, 5.74) is 13.7. The zero-order valence-corrected chi connectivity index (χ0v) is 28.4. The van der Waals surface area contributed by atoms with E-state index < -0.39 is 16.9 Å². The van der Waals surface area contributed by atoms with Gasteiger partial charge >= 0.3 is 6.01 Å². The van der Waals surface area contributed by atoms with Gasteiger partial charge in [-0.05, 0) is 45.7 Å². The smallest absolute Gasteiger partial charge is 0.320 e. The summed E-state index contributed by atoms with van der Waals surface area (Å²) in [6, 6.07) is 8.24. The molecule has 2 spiro atoms. The monoisotopic (exact) mass is 690 g/mol. The molecular weight excluding hydrogens is 655 g/mol. The number of nitrogen functional groups attached to an aromatic ring is 2. The fourth-order valence-electron chi connectivity index (χ4n) is 8.66. The van der Waals surface area contributed by atoms with E-state index >= 15 is 0 Å². The Balaban J connectivity index is 1.16. The molecule has 0 radical (unpaired) electrons. The SMILES string of the molecule is CCN(c1nc(OC[C@]23CCCN2C[C@@]2(CC2(F)F)C3)nc(N2CC3(C2)SCc2sc(N)c(C#N)c23)c1C#N)[C@H](C)c1cccnc1N. The van der Waals surface area contributed by atoms with Crippen LogP contribution in [0.15, 0.2) is 18.3 Å². The first-order valence-corrected chi connectivity index (χ1v) is 18.0. The summed E-state index contributed by atoms with van der Waals surface area (Å²) in [6.07, 6.45) is 3.66. The molecule has 4 N–H and O–H groups in total. The van der Waals surface area contributed by atoms with Crippen LogP contribution >= 0.6 is 23.1 Å². The van der Waals surface area contributed by atoms with Gasteiger partial charge in [-0.25, -0.2) is 13.8 Å². The van der Waals surface area contributed by atoms with Crippen molar-refractivity contribution < 1.29 is 13.5 Å². The van der Waals surface area contributed by atoms with Crippen LogP contribution in [0.2, 0.25) is 0 Å². The van der Waals surface area contributed by atoms with E-state index in [1.165, 1.54) is 11.3 Å². The summed E-state index contributed by atoms with van der Waals surface area (Å²) in [5.74, 6) is -0.609. The van der Waals surface area contributed by atoms with Crippen molar-refractivity contribution in [2.45, 2.75) is 67.5 Å². The van der Waals surface area contributed by atoms with Crippen LogP contribution in [0.4, 0.5) is 31.2 Å². The molecule has 11 nitrogen and oxygen atoms in total. The molecule has 5 aliphatic rings. The van der Waals surface area contributed by atoms with Crippen molar-refractivity contribution in [3.05, 3.63) is 45.5 Å². The van der Waals surface area contributed by atoms with Gasteiger partial charge in [-0.2, -0.15) is 20.5 Å². The molecule has 1 saturated carbocycles. The molecular formula is C33H36F2N10OS2. The average molecular weight is 691 g/mol.